The Morgan fingerprint density at radius 3 is 2.20 bits per heavy atom. The lowest BCUT2D eigenvalue weighted by Gasteiger charge is -2.23. The normalized spacial score (nSPS) is 12.0. The van der Waals surface area contributed by atoms with Crippen LogP contribution in [-0.2, 0) is 17.8 Å². The Bertz CT molecular complexity index is 652. The third kappa shape index (κ3) is 7.59. The number of hydrogen-bond acceptors (Lipinski definition) is 3. The van der Waals surface area contributed by atoms with Gasteiger partial charge in [-0.3, -0.25) is 4.79 Å². The molecule has 0 aliphatic heterocycles. The van der Waals surface area contributed by atoms with Gasteiger partial charge in [-0.1, -0.05) is 42.5 Å². The van der Waals surface area contributed by atoms with Gasteiger partial charge in [-0.15, -0.1) is 12.4 Å². The molecule has 0 radical (unpaired) electrons. The minimum Gasteiger partial charge on any atom is -0.489 e. The van der Waals surface area contributed by atoms with Crippen molar-refractivity contribution in [3.63, 3.8) is 0 Å². The van der Waals surface area contributed by atoms with Gasteiger partial charge >= 0.3 is 0 Å². The summed E-state index contributed by atoms with van der Waals surface area (Å²) in [5.41, 5.74) is 7.85. The quantitative estimate of drug-likeness (QED) is 0.826. The summed E-state index contributed by atoms with van der Waals surface area (Å²) in [5, 5.41) is 2.90. The first kappa shape index (κ1) is 21.0. The van der Waals surface area contributed by atoms with Crippen LogP contribution in [-0.4, -0.2) is 17.5 Å². The second-order valence-electron chi connectivity index (χ2n) is 6.97. The van der Waals surface area contributed by atoms with Gasteiger partial charge in [0.25, 0.3) is 0 Å². The lowest BCUT2D eigenvalue weighted by molar-refractivity contribution is -0.123. The van der Waals surface area contributed by atoms with E-state index in [1.165, 1.54) is 0 Å². The number of carbonyl (C=O) groups excluding carboxylic acids is 1. The van der Waals surface area contributed by atoms with Crippen LogP contribution in [0.15, 0.2) is 54.6 Å². The van der Waals surface area contributed by atoms with Crippen molar-refractivity contribution in [3.8, 4) is 5.75 Å². The highest BCUT2D eigenvalue weighted by Gasteiger charge is 2.19. The van der Waals surface area contributed by atoms with Crippen molar-refractivity contribution in [2.45, 2.75) is 45.4 Å². The number of carbonyl (C=O) groups is 1. The zero-order chi connectivity index (χ0) is 17.6. The number of rotatable bonds is 6. The van der Waals surface area contributed by atoms with Crippen LogP contribution in [0.25, 0.3) is 0 Å². The zero-order valence-corrected chi connectivity index (χ0v) is 15.8. The van der Waals surface area contributed by atoms with Gasteiger partial charge in [0.05, 0.1) is 6.04 Å². The van der Waals surface area contributed by atoms with E-state index in [2.05, 4.69) is 5.32 Å². The maximum Gasteiger partial charge on any atom is 0.237 e. The van der Waals surface area contributed by atoms with Gasteiger partial charge in [-0.05, 0) is 50.5 Å². The maximum atomic E-state index is 12.0. The molecule has 25 heavy (non-hydrogen) atoms. The molecule has 4 nitrogen and oxygen atoms in total. The third-order valence-corrected chi connectivity index (χ3v) is 3.46. The van der Waals surface area contributed by atoms with E-state index < -0.39 is 6.04 Å². The number of benzene rings is 2. The monoisotopic (exact) mass is 362 g/mol. The molecular formula is C20H27ClN2O2. The zero-order valence-electron chi connectivity index (χ0n) is 15.0. The van der Waals surface area contributed by atoms with Crippen molar-refractivity contribution in [2.75, 3.05) is 0 Å². The number of nitrogens with two attached hydrogens (primary N) is 1. The van der Waals surface area contributed by atoms with Crippen molar-refractivity contribution in [3.05, 3.63) is 65.7 Å². The Morgan fingerprint density at radius 2 is 1.64 bits per heavy atom. The molecule has 0 aliphatic rings. The Labute approximate surface area is 156 Å². The number of nitrogens with one attached hydrogen (secondary N) is 1. The Hall–Kier alpha value is -2.04. The molecule has 0 heterocycles. The van der Waals surface area contributed by atoms with E-state index in [4.69, 9.17) is 10.5 Å². The highest BCUT2D eigenvalue weighted by Crippen LogP contribution is 2.15. The lowest BCUT2D eigenvalue weighted by atomic mass is 10.0. The number of amides is 1. The topological polar surface area (TPSA) is 64.4 Å². The number of ether oxygens (including phenoxy) is 1. The molecule has 0 aromatic heterocycles. The fourth-order valence-electron chi connectivity index (χ4n) is 2.27. The molecule has 0 aliphatic carbocycles. The van der Waals surface area contributed by atoms with Crippen LogP contribution in [0.3, 0.4) is 0 Å². The molecule has 136 valence electrons. The van der Waals surface area contributed by atoms with Gasteiger partial charge in [-0.25, -0.2) is 0 Å². The molecular weight excluding hydrogens is 336 g/mol. The van der Waals surface area contributed by atoms with Crippen LogP contribution in [0.5, 0.6) is 5.75 Å². The first-order chi connectivity index (χ1) is 11.3. The van der Waals surface area contributed by atoms with Gasteiger partial charge in [-0.2, -0.15) is 0 Å². The van der Waals surface area contributed by atoms with E-state index in [-0.39, 0.29) is 23.9 Å². The first-order valence-corrected chi connectivity index (χ1v) is 8.17. The summed E-state index contributed by atoms with van der Waals surface area (Å²) < 4.78 is 5.75. The number of halogens is 1. The van der Waals surface area contributed by atoms with E-state index in [1.807, 2.05) is 75.4 Å². The van der Waals surface area contributed by atoms with E-state index in [0.29, 0.717) is 13.0 Å². The molecule has 5 heteroatoms. The van der Waals surface area contributed by atoms with Crippen LogP contribution in [0.4, 0.5) is 0 Å². The summed E-state index contributed by atoms with van der Waals surface area (Å²) in [4.78, 5) is 12.0. The average molecular weight is 363 g/mol. The van der Waals surface area contributed by atoms with Crippen molar-refractivity contribution < 1.29 is 9.53 Å². The number of hydrogen-bond donors (Lipinski definition) is 2. The van der Waals surface area contributed by atoms with Gasteiger partial charge in [0.15, 0.2) is 0 Å². The van der Waals surface area contributed by atoms with Gasteiger partial charge < -0.3 is 15.8 Å². The van der Waals surface area contributed by atoms with Crippen molar-refractivity contribution in [1.82, 2.24) is 5.32 Å². The standard InChI is InChI=1S/C20H26N2O2.ClH/c1-20(2,3)22-19(23)18(21)13-15-9-11-17(12-10-15)24-14-16-7-5-4-6-8-16;/h4-12,18H,13-14,21H2,1-3H3,(H,22,23);1H. The SMILES string of the molecule is CC(C)(C)NC(=O)C(N)Cc1ccc(OCc2ccccc2)cc1.Cl. The molecule has 1 amide bonds. The van der Waals surface area contributed by atoms with Crippen LogP contribution in [0, 0.1) is 0 Å². The smallest absolute Gasteiger partial charge is 0.237 e. The molecule has 0 bridgehead atoms. The molecule has 0 saturated carbocycles. The molecule has 2 aromatic rings. The van der Waals surface area contributed by atoms with E-state index in [1.54, 1.807) is 0 Å². The molecule has 2 aromatic carbocycles. The molecule has 1 unspecified atom stereocenters. The predicted molar refractivity (Wildman–Crippen MR) is 104 cm³/mol. The van der Waals surface area contributed by atoms with Crippen LogP contribution >= 0.6 is 12.4 Å². The predicted octanol–water partition coefficient (Wildman–Crippen LogP) is 3.47. The molecule has 2 rings (SSSR count). The van der Waals surface area contributed by atoms with Crippen molar-refractivity contribution in [1.29, 1.82) is 0 Å². The fourth-order valence-corrected chi connectivity index (χ4v) is 2.27. The Balaban J connectivity index is 0.00000312. The summed E-state index contributed by atoms with van der Waals surface area (Å²) in [7, 11) is 0. The summed E-state index contributed by atoms with van der Waals surface area (Å²) in [6.07, 6.45) is 0.501. The second-order valence-corrected chi connectivity index (χ2v) is 6.97. The largest absolute Gasteiger partial charge is 0.489 e. The van der Waals surface area contributed by atoms with Gasteiger partial charge in [0, 0.05) is 5.54 Å². The molecule has 1 atom stereocenters. The summed E-state index contributed by atoms with van der Waals surface area (Å²) in [5.74, 6) is 0.669. The molecule has 0 spiro atoms. The highest BCUT2D eigenvalue weighted by atomic mass is 35.5. The van der Waals surface area contributed by atoms with Gasteiger partial charge in [0.1, 0.15) is 12.4 Å². The minimum atomic E-state index is -0.555. The minimum absolute atomic E-state index is 0. The summed E-state index contributed by atoms with van der Waals surface area (Å²) >= 11 is 0. The maximum absolute atomic E-state index is 12.0. The van der Waals surface area contributed by atoms with Crippen molar-refractivity contribution >= 4 is 18.3 Å². The highest BCUT2D eigenvalue weighted by molar-refractivity contribution is 5.85. The molecule has 0 saturated heterocycles. The fraction of sp³-hybridized carbons (Fsp3) is 0.350. The summed E-state index contributed by atoms with van der Waals surface area (Å²) in [6, 6.07) is 17.2. The third-order valence-electron chi connectivity index (χ3n) is 3.46. The van der Waals surface area contributed by atoms with E-state index >= 15 is 0 Å². The first-order valence-electron chi connectivity index (χ1n) is 8.17. The Kier molecular flexibility index (Phi) is 7.94. The Morgan fingerprint density at radius 1 is 1.04 bits per heavy atom. The lowest BCUT2D eigenvalue weighted by Crippen LogP contribution is -2.49. The molecule has 3 N–H and O–H groups in total. The van der Waals surface area contributed by atoms with E-state index in [0.717, 1.165) is 16.9 Å². The average Bonchev–Trinajstić information content (AvgIpc) is 2.53. The van der Waals surface area contributed by atoms with Crippen LogP contribution < -0.4 is 15.8 Å². The van der Waals surface area contributed by atoms with Crippen molar-refractivity contribution in [2.24, 2.45) is 5.73 Å². The van der Waals surface area contributed by atoms with E-state index in [9.17, 15) is 4.79 Å². The van der Waals surface area contributed by atoms with Crippen LogP contribution in [0.1, 0.15) is 31.9 Å². The van der Waals surface area contributed by atoms with Crippen LogP contribution in [0.2, 0.25) is 0 Å². The summed E-state index contributed by atoms with van der Waals surface area (Å²) in [6.45, 7) is 6.36. The second kappa shape index (κ2) is 9.44. The molecule has 0 fully saturated rings. The van der Waals surface area contributed by atoms with Gasteiger partial charge in [0.2, 0.25) is 5.91 Å².